The van der Waals surface area contributed by atoms with Crippen molar-refractivity contribution < 1.29 is 9.90 Å². The highest BCUT2D eigenvalue weighted by Gasteiger charge is 2.45. The minimum Gasteiger partial charge on any atom is -0.506 e. The normalized spacial score (nSPS) is 21.6. The number of benzene rings is 1. The summed E-state index contributed by atoms with van der Waals surface area (Å²) in [6.07, 6.45) is 0. The lowest BCUT2D eigenvalue weighted by Gasteiger charge is -2.31. The lowest BCUT2D eigenvalue weighted by Crippen LogP contribution is -2.53. The number of thioether (sulfide) groups is 1. The van der Waals surface area contributed by atoms with Crippen molar-refractivity contribution in [1.29, 1.82) is 0 Å². The van der Waals surface area contributed by atoms with Crippen molar-refractivity contribution >= 4 is 41.9 Å². The summed E-state index contributed by atoms with van der Waals surface area (Å²) in [5.41, 5.74) is 6.59. The van der Waals surface area contributed by atoms with Gasteiger partial charge in [-0.05, 0) is 19.9 Å². The van der Waals surface area contributed by atoms with Crippen LogP contribution >= 0.6 is 36.0 Å². The third-order valence-electron chi connectivity index (χ3n) is 4.10. The van der Waals surface area contributed by atoms with Gasteiger partial charge in [-0.3, -0.25) is 9.69 Å². The van der Waals surface area contributed by atoms with Crippen molar-refractivity contribution in [1.82, 2.24) is 10.2 Å². The van der Waals surface area contributed by atoms with Crippen LogP contribution in [0, 0.1) is 0 Å². The molecule has 1 saturated heterocycles. The minimum atomic E-state index is -0.283. The molecule has 4 N–H and O–H groups in total. The minimum absolute atomic E-state index is 0.00785. The summed E-state index contributed by atoms with van der Waals surface area (Å²) in [6.45, 7) is 4.98. The maximum Gasteiger partial charge on any atom is 0.239 e. The first-order valence-corrected chi connectivity index (χ1v) is 9.74. The van der Waals surface area contributed by atoms with Gasteiger partial charge in [0.05, 0.1) is 5.02 Å². The number of nitrogens with two attached hydrogens (primary N) is 1. The Hall–Kier alpha value is -0.600. The highest BCUT2D eigenvalue weighted by atomic mass is 35.5. The molecule has 0 bridgehead atoms. The molecule has 2 atom stereocenters. The van der Waals surface area contributed by atoms with E-state index >= 15 is 0 Å². The number of nitrogens with zero attached hydrogens (tertiary/aromatic N) is 1. The van der Waals surface area contributed by atoms with E-state index < -0.39 is 0 Å². The van der Waals surface area contributed by atoms with Gasteiger partial charge in [0.2, 0.25) is 5.91 Å². The fourth-order valence-corrected chi connectivity index (χ4v) is 4.30. The molecule has 24 heavy (non-hydrogen) atoms. The number of rotatable bonds is 6. The maximum absolute atomic E-state index is 12.8. The van der Waals surface area contributed by atoms with E-state index in [2.05, 4.69) is 36.7 Å². The van der Waals surface area contributed by atoms with Crippen LogP contribution in [0.25, 0.3) is 0 Å². The monoisotopic (exact) mass is 389 g/mol. The third kappa shape index (κ3) is 4.52. The van der Waals surface area contributed by atoms with Crippen molar-refractivity contribution in [3.63, 3.8) is 0 Å². The number of amides is 1. The van der Waals surface area contributed by atoms with Gasteiger partial charge in [-0.2, -0.15) is 12.6 Å². The average Bonchev–Trinajstić information content (AvgIpc) is 2.83. The summed E-state index contributed by atoms with van der Waals surface area (Å²) >= 11 is 11.9. The molecule has 1 aromatic rings. The van der Waals surface area contributed by atoms with Crippen LogP contribution in [0.5, 0.6) is 5.75 Å². The van der Waals surface area contributed by atoms with Crippen LogP contribution < -0.4 is 11.1 Å². The van der Waals surface area contributed by atoms with Gasteiger partial charge in [0.15, 0.2) is 0 Å². The molecule has 1 fully saturated rings. The van der Waals surface area contributed by atoms with Gasteiger partial charge in [-0.1, -0.05) is 23.7 Å². The van der Waals surface area contributed by atoms with Gasteiger partial charge in [-0.15, -0.1) is 11.8 Å². The Labute approximate surface area is 157 Å². The standard InChI is InChI=1S/C16H24ClN3O2S2/c1-16(2)14(20(9-24-16)7-11(18)8-23)15(22)19-6-10-4-3-5-12(17)13(10)21/h3-5,11,14,21,23H,6-9,18H2,1-2H3,(H,19,22)/t11-,14?/m1/s1. The molecule has 0 saturated carbocycles. The second kappa shape index (κ2) is 8.19. The van der Waals surface area contributed by atoms with Gasteiger partial charge in [0.1, 0.15) is 11.8 Å². The predicted octanol–water partition coefficient (Wildman–Crippen LogP) is 2.07. The van der Waals surface area contributed by atoms with E-state index in [4.69, 9.17) is 17.3 Å². The van der Waals surface area contributed by atoms with Crippen LogP contribution in [0.1, 0.15) is 19.4 Å². The van der Waals surface area contributed by atoms with Crippen LogP contribution in [-0.4, -0.2) is 50.9 Å². The number of carbonyl (C=O) groups excluding carboxylic acids is 1. The van der Waals surface area contributed by atoms with Crippen molar-refractivity contribution in [2.75, 3.05) is 18.2 Å². The van der Waals surface area contributed by atoms with Gasteiger partial charge in [0.25, 0.3) is 0 Å². The number of para-hydroxylation sites is 1. The van der Waals surface area contributed by atoms with Crippen LogP contribution in [0.15, 0.2) is 18.2 Å². The molecule has 8 heteroatoms. The quantitative estimate of drug-likeness (QED) is 0.560. The first-order valence-electron chi connectivity index (χ1n) is 7.74. The molecule has 1 amide bonds. The van der Waals surface area contributed by atoms with E-state index in [9.17, 15) is 9.90 Å². The largest absolute Gasteiger partial charge is 0.506 e. The number of phenols is 1. The Morgan fingerprint density at radius 2 is 2.33 bits per heavy atom. The molecule has 1 aliphatic heterocycles. The van der Waals surface area contributed by atoms with E-state index in [-0.39, 0.29) is 40.1 Å². The molecule has 0 radical (unpaired) electrons. The highest BCUT2D eigenvalue weighted by Crippen LogP contribution is 2.39. The number of carbonyl (C=O) groups is 1. The van der Waals surface area contributed by atoms with Crippen molar-refractivity contribution in [3.05, 3.63) is 28.8 Å². The first-order chi connectivity index (χ1) is 11.3. The number of phenolic OH excluding ortho intramolecular Hbond substituents is 1. The van der Waals surface area contributed by atoms with Crippen molar-refractivity contribution in [2.45, 2.75) is 37.2 Å². The van der Waals surface area contributed by atoms with E-state index in [0.717, 1.165) is 5.88 Å². The van der Waals surface area contributed by atoms with Crippen LogP contribution in [0.4, 0.5) is 0 Å². The second-order valence-electron chi connectivity index (χ2n) is 6.46. The molecular formula is C16H24ClN3O2S2. The molecule has 1 aliphatic rings. The lowest BCUT2D eigenvalue weighted by molar-refractivity contribution is -0.126. The second-order valence-corrected chi connectivity index (χ2v) is 8.83. The zero-order valence-corrected chi connectivity index (χ0v) is 16.3. The Bertz CT molecular complexity index is 601. The zero-order valence-electron chi connectivity index (χ0n) is 13.8. The topological polar surface area (TPSA) is 78.6 Å². The van der Waals surface area contributed by atoms with Crippen LogP contribution in [0.2, 0.25) is 5.02 Å². The molecule has 1 unspecified atom stereocenters. The molecule has 0 aliphatic carbocycles. The maximum atomic E-state index is 12.8. The third-order valence-corrected chi connectivity index (χ3v) is 6.30. The van der Waals surface area contributed by atoms with Crippen molar-refractivity contribution in [2.24, 2.45) is 5.73 Å². The molecule has 0 aromatic heterocycles. The zero-order chi connectivity index (χ0) is 17.9. The summed E-state index contributed by atoms with van der Waals surface area (Å²) in [6, 6.07) is 4.74. The highest BCUT2D eigenvalue weighted by molar-refractivity contribution is 8.00. The van der Waals surface area contributed by atoms with Gasteiger partial charge in [-0.25, -0.2) is 0 Å². The van der Waals surface area contributed by atoms with Crippen LogP contribution in [-0.2, 0) is 11.3 Å². The molecule has 0 spiro atoms. The summed E-state index contributed by atoms with van der Waals surface area (Å²) in [4.78, 5) is 14.9. The van der Waals surface area contributed by atoms with Crippen LogP contribution in [0.3, 0.4) is 0 Å². The molecule has 1 heterocycles. The molecule has 5 nitrogen and oxygen atoms in total. The van der Waals surface area contributed by atoms with Gasteiger partial charge < -0.3 is 16.2 Å². The van der Waals surface area contributed by atoms with E-state index in [1.165, 1.54) is 0 Å². The molecular weight excluding hydrogens is 366 g/mol. The summed E-state index contributed by atoms with van der Waals surface area (Å²) in [7, 11) is 0. The number of nitrogens with one attached hydrogen (secondary N) is 1. The summed E-state index contributed by atoms with van der Waals surface area (Å²) in [5.74, 6) is 1.27. The fourth-order valence-electron chi connectivity index (χ4n) is 2.82. The Morgan fingerprint density at radius 3 is 3.00 bits per heavy atom. The lowest BCUT2D eigenvalue weighted by atomic mass is 10.0. The molecule has 2 rings (SSSR count). The van der Waals surface area contributed by atoms with E-state index in [1.54, 1.807) is 30.0 Å². The van der Waals surface area contributed by atoms with E-state index in [1.807, 2.05) is 0 Å². The predicted molar refractivity (Wildman–Crippen MR) is 104 cm³/mol. The number of thiol groups is 1. The van der Waals surface area contributed by atoms with Gasteiger partial charge >= 0.3 is 0 Å². The van der Waals surface area contributed by atoms with E-state index in [0.29, 0.717) is 17.9 Å². The fraction of sp³-hybridized carbons (Fsp3) is 0.562. The molecule has 134 valence electrons. The Morgan fingerprint density at radius 1 is 1.62 bits per heavy atom. The molecule has 1 aromatic carbocycles. The SMILES string of the molecule is CC1(C)SCN(C[C@@H](N)CS)C1C(=O)NCc1cccc(Cl)c1O. The number of hydrogen-bond acceptors (Lipinski definition) is 6. The first kappa shape index (κ1) is 19.7. The average molecular weight is 390 g/mol. The number of hydrogen-bond donors (Lipinski definition) is 4. The van der Waals surface area contributed by atoms with Crippen molar-refractivity contribution in [3.8, 4) is 5.75 Å². The van der Waals surface area contributed by atoms with Gasteiger partial charge in [0, 0.05) is 41.1 Å². The Kier molecular flexibility index (Phi) is 6.73. The number of halogens is 1. The summed E-state index contributed by atoms with van der Waals surface area (Å²) in [5, 5.41) is 13.1. The number of aromatic hydroxyl groups is 1. The Balaban J connectivity index is 2.06. The smallest absolute Gasteiger partial charge is 0.239 e. The summed E-state index contributed by atoms with van der Waals surface area (Å²) < 4.78 is -0.212.